The number of nitrogens with zero attached hydrogens (tertiary/aromatic N) is 2. The van der Waals surface area contributed by atoms with E-state index in [0.717, 1.165) is 18.0 Å². The molecule has 1 rings (SSSR count). The van der Waals surface area contributed by atoms with Gasteiger partial charge in [0.1, 0.15) is 5.69 Å². The number of rotatable bonds is 3. The highest BCUT2D eigenvalue weighted by Gasteiger charge is 2.31. The van der Waals surface area contributed by atoms with Gasteiger partial charge in [-0.05, 0) is 25.0 Å². The molecule has 3 nitrogen and oxygen atoms in total. The zero-order chi connectivity index (χ0) is 13.1. The third kappa shape index (κ3) is 4.05. The lowest BCUT2D eigenvalue weighted by Crippen LogP contribution is -2.08. The Bertz CT molecular complexity index is 393. The highest BCUT2D eigenvalue weighted by Crippen LogP contribution is 2.27. The lowest BCUT2D eigenvalue weighted by molar-refractivity contribution is -0.141. The van der Waals surface area contributed by atoms with Crippen molar-refractivity contribution < 1.29 is 13.2 Å². The van der Waals surface area contributed by atoms with E-state index >= 15 is 0 Å². The Hall–Kier alpha value is -1.59. The minimum absolute atomic E-state index is 0.282. The van der Waals surface area contributed by atoms with Crippen LogP contribution in [0.3, 0.4) is 0 Å². The number of hydrogen-bond acceptors (Lipinski definition) is 3. The molecule has 0 saturated carbocycles. The van der Waals surface area contributed by atoms with Crippen molar-refractivity contribution in [1.82, 2.24) is 4.98 Å². The molecule has 1 heterocycles. The summed E-state index contributed by atoms with van der Waals surface area (Å²) in [4.78, 5) is 3.32. The van der Waals surface area contributed by atoms with E-state index in [-0.39, 0.29) is 5.92 Å². The topological polar surface area (TPSA) is 37.3 Å². The minimum Gasteiger partial charge on any atom is -0.277 e. The van der Waals surface area contributed by atoms with Crippen molar-refractivity contribution in [2.45, 2.75) is 26.9 Å². The Morgan fingerprint density at radius 1 is 1.35 bits per heavy atom. The van der Waals surface area contributed by atoms with Gasteiger partial charge < -0.3 is 0 Å². The maximum atomic E-state index is 12.2. The highest BCUT2D eigenvalue weighted by atomic mass is 19.4. The second-order valence-corrected chi connectivity index (χ2v) is 3.95. The van der Waals surface area contributed by atoms with Gasteiger partial charge in [0, 0.05) is 5.71 Å². The van der Waals surface area contributed by atoms with Crippen molar-refractivity contribution in [1.29, 1.82) is 0 Å². The second-order valence-electron chi connectivity index (χ2n) is 3.95. The summed E-state index contributed by atoms with van der Waals surface area (Å²) in [5, 5.41) is 4.03. The molecule has 0 aliphatic carbocycles. The van der Waals surface area contributed by atoms with Crippen LogP contribution in [0, 0.1) is 5.92 Å². The van der Waals surface area contributed by atoms with Crippen molar-refractivity contribution in [3.63, 3.8) is 0 Å². The number of aromatic nitrogens is 1. The average molecular weight is 245 g/mol. The van der Waals surface area contributed by atoms with Gasteiger partial charge in [0.25, 0.3) is 0 Å². The first-order chi connectivity index (χ1) is 7.80. The van der Waals surface area contributed by atoms with E-state index in [9.17, 15) is 13.2 Å². The molecule has 0 fully saturated rings. The van der Waals surface area contributed by atoms with E-state index in [1.54, 1.807) is 0 Å². The smallest absolute Gasteiger partial charge is 0.277 e. The number of hydrazone groups is 1. The Morgan fingerprint density at radius 3 is 2.41 bits per heavy atom. The Morgan fingerprint density at radius 2 is 2.00 bits per heavy atom. The summed E-state index contributed by atoms with van der Waals surface area (Å²) in [6, 6.07) is 2.22. The van der Waals surface area contributed by atoms with E-state index in [1.807, 2.05) is 20.8 Å². The van der Waals surface area contributed by atoms with Crippen LogP contribution in [-0.4, -0.2) is 10.7 Å². The fourth-order valence-electron chi connectivity index (χ4n) is 0.910. The minimum atomic E-state index is -4.41. The van der Waals surface area contributed by atoms with Gasteiger partial charge in [-0.25, -0.2) is 4.98 Å². The molecule has 0 aliphatic heterocycles. The third-order valence-electron chi connectivity index (χ3n) is 2.25. The summed E-state index contributed by atoms with van der Waals surface area (Å²) in [5.41, 5.74) is 3.05. The van der Waals surface area contributed by atoms with Crippen LogP contribution < -0.4 is 5.43 Å². The summed E-state index contributed by atoms with van der Waals surface area (Å²) < 4.78 is 36.7. The van der Waals surface area contributed by atoms with Gasteiger partial charge in [0.15, 0.2) is 0 Å². The van der Waals surface area contributed by atoms with E-state index in [4.69, 9.17) is 0 Å². The predicted molar refractivity (Wildman–Crippen MR) is 60.8 cm³/mol. The van der Waals surface area contributed by atoms with E-state index in [2.05, 4.69) is 15.5 Å². The monoisotopic (exact) mass is 245 g/mol. The molecule has 0 atom stereocenters. The standard InChI is InChI=1S/C11H14F3N3/c1-7(2)8(3)16-17-9-4-5-10(15-6-9)11(12,13)14/h4-7,17H,1-3H3. The maximum Gasteiger partial charge on any atom is 0.433 e. The molecule has 1 aromatic heterocycles. The first-order valence-electron chi connectivity index (χ1n) is 5.14. The number of hydrogen-bond donors (Lipinski definition) is 1. The van der Waals surface area contributed by atoms with Gasteiger partial charge in [0.05, 0.1) is 11.9 Å². The molecular weight excluding hydrogens is 231 g/mol. The summed E-state index contributed by atoms with van der Waals surface area (Å²) in [6.45, 7) is 5.80. The lowest BCUT2D eigenvalue weighted by atomic mass is 10.1. The van der Waals surface area contributed by atoms with Crippen LogP contribution in [0.15, 0.2) is 23.4 Å². The van der Waals surface area contributed by atoms with Gasteiger partial charge in [0.2, 0.25) is 0 Å². The fourth-order valence-corrected chi connectivity index (χ4v) is 0.910. The SMILES string of the molecule is CC(=NNc1ccc(C(F)(F)F)nc1)C(C)C. The normalized spacial score (nSPS) is 13.0. The van der Waals surface area contributed by atoms with Crippen molar-refractivity contribution in [2.75, 3.05) is 5.43 Å². The molecule has 0 unspecified atom stereocenters. The number of pyridine rings is 1. The molecule has 6 heteroatoms. The summed E-state index contributed by atoms with van der Waals surface area (Å²) in [7, 11) is 0. The number of anilines is 1. The summed E-state index contributed by atoms with van der Waals surface area (Å²) >= 11 is 0. The van der Waals surface area contributed by atoms with Crippen LogP contribution >= 0.6 is 0 Å². The molecule has 94 valence electrons. The van der Waals surface area contributed by atoms with Crippen LogP contribution in [0.4, 0.5) is 18.9 Å². The van der Waals surface area contributed by atoms with Gasteiger partial charge in [-0.15, -0.1) is 0 Å². The van der Waals surface area contributed by atoms with Crippen molar-refractivity contribution in [3.8, 4) is 0 Å². The van der Waals surface area contributed by atoms with Crippen LogP contribution in [-0.2, 0) is 6.18 Å². The van der Waals surface area contributed by atoms with Crippen LogP contribution in [0.1, 0.15) is 26.5 Å². The molecule has 1 N–H and O–H groups in total. The number of nitrogens with one attached hydrogen (secondary N) is 1. The summed E-state index contributed by atoms with van der Waals surface area (Å²) in [5.74, 6) is 0.282. The van der Waals surface area contributed by atoms with E-state index < -0.39 is 11.9 Å². The number of alkyl halides is 3. The number of halogens is 3. The lowest BCUT2D eigenvalue weighted by Gasteiger charge is -2.07. The van der Waals surface area contributed by atoms with Crippen LogP contribution in [0.2, 0.25) is 0 Å². The van der Waals surface area contributed by atoms with Crippen LogP contribution in [0.5, 0.6) is 0 Å². The van der Waals surface area contributed by atoms with Crippen molar-refractivity contribution >= 4 is 11.4 Å². The van der Waals surface area contributed by atoms with Crippen molar-refractivity contribution in [2.24, 2.45) is 11.0 Å². The summed E-state index contributed by atoms with van der Waals surface area (Å²) in [6.07, 6.45) is -3.30. The molecule has 1 aromatic rings. The van der Waals surface area contributed by atoms with Crippen molar-refractivity contribution in [3.05, 3.63) is 24.0 Å². The molecular formula is C11H14F3N3. The van der Waals surface area contributed by atoms with Crippen LogP contribution in [0.25, 0.3) is 0 Å². The van der Waals surface area contributed by atoms with E-state index in [0.29, 0.717) is 5.69 Å². The largest absolute Gasteiger partial charge is 0.433 e. The molecule has 0 amide bonds. The first kappa shape index (κ1) is 13.5. The second kappa shape index (κ2) is 5.16. The van der Waals surface area contributed by atoms with Gasteiger partial charge in [-0.2, -0.15) is 18.3 Å². The molecule has 0 aliphatic rings. The first-order valence-corrected chi connectivity index (χ1v) is 5.14. The van der Waals surface area contributed by atoms with Gasteiger partial charge in [-0.3, -0.25) is 5.43 Å². The Balaban J connectivity index is 2.73. The predicted octanol–water partition coefficient (Wildman–Crippen LogP) is 3.54. The Labute approximate surface area is 97.8 Å². The molecule has 0 spiro atoms. The molecule has 0 aromatic carbocycles. The highest BCUT2D eigenvalue weighted by molar-refractivity contribution is 5.84. The van der Waals surface area contributed by atoms with Gasteiger partial charge >= 0.3 is 6.18 Å². The third-order valence-corrected chi connectivity index (χ3v) is 2.25. The van der Waals surface area contributed by atoms with E-state index in [1.165, 1.54) is 6.07 Å². The Kier molecular flexibility index (Phi) is 4.09. The quantitative estimate of drug-likeness (QED) is 0.653. The molecule has 0 bridgehead atoms. The maximum absolute atomic E-state index is 12.2. The average Bonchev–Trinajstić information content (AvgIpc) is 2.25. The molecule has 0 saturated heterocycles. The zero-order valence-electron chi connectivity index (χ0n) is 9.84. The zero-order valence-corrected chi connectivity index (χ0v) is 9.84. The van der Waals surface area contributed by atoms with Gasteiger partial charge in [-0.1, -0.05) is 13.8 Å². The molecule has 0 radical (unpaired) electrons. The fraction of sp³-hybridized carbons (Fsp3) is 0.455. The molecule has 17 heavy (non-hydrogen) atoms.